The number of piperidine rings is 1. The number of benzene rings is 2. The molecule has 0 aromatic heterocycles. The highest BCUT2D eigenvalue weighted by Gasteiger charge is 2.22. The summed E-state index contributed by atoms with van der Waals surface area (Å²) < 4.78 is 6.00. The van der Waals surface area contributed by atoms with E-state index in [9.17, 15) is 4.79 Å². The standard InChI is InChI=1S/C24H30N2O2/c1-17(2)20-10-12-26(13-11-20)15-18-6-8-19(9-7-18)16-28-23-5-3-4-21-22(23)14-25-24(21)27/h3-9,17,20H,10-16H2,1-2H3,(H,25,27). The highest BCUT2D eigenvalue weighted by molar-refractivity contribution is 5.99. The van der Waals surface area contributed by atoms with Crippen molar-refractivity contribution in [2.45, 2.75) is 46.4 Å². The Morgan fingerprint density at radius 1 is 1.07 bits per heavy atom. The van der Waals surface area contributed by atoms with E-state index >= 15 is 0 Å². The molecule has 0 spiro atoms. The summed E-state index contributed by atoms with van der Waals surface area (Å²) in [7, 11) is 0. The molecule has 1 fully saturated rings. The van der Waals surface area contributed by atoms with Gasteiger partial charge < -0.3 is 10.1 Å². The van der Waals surface area contributed by atoms with E-state index in [-0.39, 0.29) is 5.91 Å². The minimum atomic E-state index is -0.0118. The molecule has 2 aliphatic heterocycles. The molecule has 2 aromatic carbocycles. The van der Waals surface area contributed by atoms with Gasteiger partial charge in [0.1, 0.15) is 12.4 Å². The van der Waals surface area contributed by atoms with E-state index in [4.69, 9.17) is 4.74 Å². The number of carbonyl (C=O) groups excluding carboxylic acids is 1. The Hall–Kier alpha value is -2.33. The Bertz CT molecular complexity index is 821. The van der Waals surface area contributed by atoms with Crippen LogP contribution in [0, 0.1) is 11.8 Å². The number of hydrogen-bond acceptors (Lipinski definition) is 3. The van der Waals surface area contributed by atoms with Crippen molar-refractivity contribution in [1.29, 1.82) is 0 Å². The minimum Gasteiger partial charge on any atom is -0.489 e. The molecule has 0 unspecified atom stereocenters. The van der Waals surface area contributed by atoms with Crippen LogP contribution in [0.2, 0.25) is 0 Å². The van der Waals surface area contributed by atoms with Gasteiger partial charge in [-0.2, -0.15) is 0 Å². The summed E-state index contributed by atoms with van der Waals surface area (Å²) in [5.74, 6) is 2.48. The molecule has 2 aromatic rings. The average molecular weight is 379 g/mol. The van der Waals surface area contributed by atoms with Crippen LogP contribution in [0.15, 0.2) is 42.5 Å². The zero-order valence-corrected chi connectivity index (χ0v) is 16.9. The molecule has 0 bridgehead atoms. The molecular weight excluding hydrogens is 348 g/mol. The first-order chi connectivity index (χ1) is 13.6. The van der Waals surface area contributed by atoms with Crippen molar-refractivity contribution in [2.75, 3.05) is 13.1 Å². The molecule has 0 saturated carbocycles. The molecule has 4 heteroatoms. The van der Waals surface area contributed by atoms with Crippen LogP contribution in [0.25, 0.3) is 0 Å². The second-order valence-electron chi connectivity index (χ2n) is 8.43. The van der Waals surface area contributed by atoms with Crippen molar-refractivity contribution in [3.63, 3.8) is 0 Å². The first kappa shape index (κ1) is 19.0. The maximum Gasteiger partial charge on any atom is 0.252 e. The molecule has 1 N–H and O–H groups in total. The summed E-state index contributed by atoms with van der Waals surface area (Å²) in [6.07, 6.45) is 2.64. The summed E-state index contributed by atoms with van der Waals surface area (Å²) in [5, 5.41) is 2.85. The molecule has 28 heavy (non-hydrogen) atoms. The summed E-state index contributed by atoms with van der Waals surface area (Å²) >= 11 is 0. The van der Waals surface area contributed by atoms with Gasteiger partial charge in [0.05, 0.1) is 0 Å². The van der Waals surface area contributed by atoms with Crippen molar-refractivity contribution in [3.05, 3.63) is 64.7 Å². The first-order valence-corrected chi connectivity index (χ1v) is 10.4. The van der Waals surface area contributed by atoms with E-state index in [0.29, 0.717) is 13.2 Å². The Morgan fingerprint density at radius 3 is 2.50 bits per heavy atom. The van der Waals surface area contributed by atoms with E-state index < -0.39 is 0 Å². The molecule has 1 saturated heterocycles. The number of hydrogen-bond donors (Lipinski definition) is 1. The molecule has 4 rings (SSSR count). The van der Waals surface area contributed by atoms with Crippen LogP contribution in [0.4, 0.5) is 0 Å². The number of nitrogens with zero attached hydrogens (tertiary/aromatic N) is 1. The van der Waals surface area contributed by atoms with E-state index in [1.807, 2.05) is 18.2 Å². The number of carbonyl (C=O) groups is 1. The summed E-state index contributed by atoms with van der Waals surface area (Å²) in [6, 6.07) is 14.4. The molecule has 0 aliphatic carbocycles. The normalized spacial score (nSPS) is 17.6. The molecule has 2 aliphatic rings. The first-order valence-electron chi connectivity index (χ1n) is 10.4. The van der Waals surface area contributed by atoms with Crippen molar-refractivity contribution in [2.24, 2.45) is 11.8 Å². The van der Waals surface area contributed by atoms with E-state index in [0.717, 1.165) is 40.8 Å². The van der Waals surface area contributed by atoms with Gasteiger partial charge in [-0.1, -0.05) is 44.2 Å². The van der Waals surface area contributed by atoms with Crippen LogP contribution in [0.3, 0.4) is 0 Å². The topological polar surface area (TPSA) is 41.6 Å². The summed E-state index contributed by atoms with van der Waals surface area (Å²) in [6.45, 7) is 9.21. The SMILES string of the molecule is CC(C)C1CCN(Cc2ccc(COc3cccc4c3CNC4=O)cc2)CC1. The zero-order valence-electron chi connectivity index (χ0n) is 16.9. The van der Waals surface area contributed by atoms with Gasteiger partial charge in [0.2, 0.25) is 0 Å². The lowest BCUT2D eigenvalue weighted by atomic mass is 9.86. The van der Waals surface area contributed by atoms with Gasteiger partial charge in [0, 0.05) is 24.2 Å². The fraction of sp³-hybridized carbons (Fsp3) is 0.458. The zero-order chi connectivity index (χ0) is 19.5. The molecule has 0 radical (unpaired) electrons. The third kappa shape index (κ3) is 4.22. The Balaban J connectivity index is 1.31. The van der Waals surface area contributed by atoms with Crippen molar-refractivity contribution in [3.8, 4) is 5.75 Å². The largest absolute Gasteiger partial charge is 0.489 e. The number of amides is 1. The Kier molecular flexibility index (Phi) is 5.67. The van der Waals surface area contributed by atoms with Crippen LogP contribution >= 0.6 is 0 Å². The highest BCUT2D eigenvalue weighted by Crippen LogP contribution is 2.27. The van der Waals surface area contributed by atoms with Crippen molar-refractivity contribution < 1.29 is 9.53 Å². The number of rotatable bonds is 6. The van der Waals surface area contributed by atoms with Gasteiger partial charge in [0.15, 0.2) is 0 Å². The van der Waals surface area contributed by atoms with Gasteiger partial charge in [-0.05, 0) is 61.0 Å². The fourth-order valence-electron chi connectivity index (χ4n) is 4.30. The van der Waals surface area contributed by atoms with Crippen molar-refractivity contribution in [1.82, 2.24) is 10.2 Å². The van der Waals surface area contributed by atoms with Crippen LogP contribution in [-0.2, 0) is 19.7 Å². The molecular formula is C24H30N2O2. The van der Waals surface area contributed by atoms with Gasteiger partial charge in [-0.15, -0.1) is 0 Å². The lowest BCUT2D eigenvalue weighted by Crippen LogP contribution is -2.34. The second-order valence-corrected chi connectivity index (χ2v) is 8.43. The third-order valence-corrected chi connectivity index (χ3v) is 6.20. The molecule has 148 valence electrons. The molecule has 4 nitrogen and oxygen atoms in total. The van der Waals surface area contributed by atoms with Gasteiger partial charge in [-0.3, -0.25) is 9.69 Å². The summed E-state index contributed by atoms with van der Waals surface area (Å²) in [4.78, 5) is 14.3. The number of fused-ring (bicyclic) bond motifs is 1. The second kappa shape index (κ2) is 8.36. The maximum absolute atomic E-state index is 11.8. The van der Waals surface area contributed by atoms with Crippen LogP contribution in [-0.4, -0.2) is 23.9 Å². The lowest BCUT2D eigenvalue weighted by molar-refractivity contribution is 0.0965. The molecule has 0 atom stereocenters. The van der Waals surface area contributed by atoms with Crippen LogP contribution in [0.5, 0.6) is 5.75 Å². The number of nitrogens with one attached hydrogen (secondary N) is 1. The van der Waals surface area contributed by atoms with E-state index in [2.05, 4.69) is 48.3 Å². The van der Waals surface area contributed by atoms with Gasteiger partial charge in [0.25, 0.3) is 5.91 Å². The summed E-state index contributed by atoms with van der Waals surface area (Å²) in [5.41, 5.74) is 4.21. The smallest absolute Gasteiger partial charge is 0.252 e. The lowest BCUT2D eigenvalue weighted by Gasteiger charge is -2.33. The van der Waals surface area contributed by atoms with Gasteiger partial charge >= 0.3 is 0 Å². The van der Waals surface area contributed by atoms with Crippen LogP contribution < -0.4 is 10.1 Å². The highest BCUT2D eigenvalue weighted by atomic mass is 16.5. The molecule has 1 amide bonds. The Labute approximate surface area is 167 Å². The van der Waals surface area contributed by atoms with E-state index in [1.165, 1.54) is 31.5 Å². The third-order valence-electron chi connectivity index (χ3n) is 6.20. The number of likely N-dealkylation sites (tertiary alicyclic amines) is 1. The minimum absolute atomic E-state index is 0.0118. The fourth-order valence-corrected chi connectivity index (χ4v) is 4.30. The molecule has 2 heterocycles. The quantitative estimate of drug-likeness (QED) is 0.811. The average Bonchev–Trinajstić information content (AvgIpc) is 3.09. The van der Waals surface area contributed by atoms with Crippen molar-refractivity contribution >= 4 is 5.91 Å². The van der Waals surface area contributed by atoms with E-state index in [1.54, 1.807) is 0 Å². The maximum atomic E-state index is 11.8. The predicted molar refractivity (Wildman–Crippen MR) is 111 cm³/mol. The monoisotopic (exact) mass is 378 g/mol. The van der Waals surface area contributed by atoms with Gasteiger partial charge in [-0.25, -0.2) is 0 Å². The number of ether oxygens (including phenoxy) is 1. The Morgan fingerprint density at radius 2 is 1.79 bits per heavy atom. The van der Waals surface area contributed by atoms with Crippen LogP contribution in [0.1, 0.15) is 53.7 Å². The predicted octanol–water partition coefficient (Wildman–Crippen LogP) is 4.38.